The van der Waals surface area contributed by atoms with Crippen molar-refractivity contribution in [3.8, 4) is 0 Å². The number of primary amides is 2. The lowest BCUT2D eigenvalue weighted by Gasteiger charge is -2.26. The summed E-state index contributed by atoms with van der Waals surface area (Å²) >= 11 is 0. The average molecular weight is 562 g/mol. The summed E-state index contributed by atoms with van der Waals surface area (Å²) in [4.78, 5) is 84.6. The maximum absolute atomic E-state index is 13.0. The number of carbonyl (C=O) groups excluding carboxylic acids is 6. The Bertz CT molecular complexity index is 912. The molecule has 0 aromatic heterocycles. The predicted molar refractivity (Wildman–Crippen MR) is 134 cm³/mol. The van der Waals surface area contributed by atoms with Gasteiger partial charge < -0.3 is 53.8 Å². The minimum atomic E-state index is -1.65. The quantitative estimate of drug-likeness (QED) is 0.0754. The van der Waals surface area contributed by atoms with Crippen LogP contribution in [0.25, 0.3) is 0 Å². The first-order valence-electron chi connectivity index (χ1n) is 12.0. The highest BCUT2D eigenvalue weighted by Crippen LogP contribution is 2.08. The fourth-order valence-corrected chi connectivity index (χ4v) is 3.16. The van der Waals surface area contributed by atoms with E-state index in [9.17, 15) is 48.9 Å². The number of amides is 6. The molecule has 0 radical (unpaired) electrons. The molecule has 0 spiro atoms. The summed E-state index contributed by atoms with van der Waals surface area (Å²) in [6.07, 6.45) is -2.62. The molecular formula is C22H39N7O10. The zero-order valence-electron chi connectivity index (χ0n) is 22.0. The molecule has 17 heteroatoms. The van der Waals surface area contributed by atoms with Gasteiger partial charge >= 0.3 is 5.97 Å². The number of carboxylic acid groups (broad SMARTS) is 1. The summed E-state index contributed by atoms with van der Waals surface area (Å²) in [5.74, 6) is -7.46. The second kappa shape index (κ2) is 16.9. The summed E-state index contributed by atoms with van der Waals surface area (Å²) in [6, 6.07) is -7.51. The molecule has 6 amide bonds. The normalized spacial score (nSPS) is 15.6. The van der Waals surface area contributed by atoms with Crippen LogP contribution in [0.5, 0.6) is 0 Å². The molecule has 0 fully saturated rings. The number of nitrogens with one attached hydrogen (secondary N) is 4. The first-order chi connectivity index (χ1) is 18.0. The Morgan fingerprint density at radius 3 is 1.62 bits per heavy atom. The molecule has 0 saturated heterocycles. The molecule has 0 saturated carbocycles. The maximum atomic E-state index is 13.0. The van der Waals surface area contributed by atoms with E-state index in [0.29, 0.717) is 0 Å². The van der Waals surface area contributed by atoms with Gasteiger partial charge in [0.25, 0.3) is 0 Å². The predicted octanol–water partition coefficient (Wildman–Crippen LogP) is -5.10. The number of carboxylic acids is 1. The molecular weight excluding hydrogens is 522 g/mol. The zero-order valence-corrected chi connectivity index (χ0v) is 22.0. The van der Waals surface area contributed by atoms with E-state index >= 15 is 0 Å². The Labute approximate surface area is 224 Å². The van der Waals surface area contributed by atoms with Gasteiger partial charge in [-0.1, -0.05) is 13.8 Å². The summed E-state index contributed by atoms with van der Waals surface area (Å²) in [5.41, 5.74) is 15.7. The number of aliphatic hydroxyl groups is 2. The molecule has 0 aromatic rings. The van der Waals surface area contributed by atoms with E-state index in [4.69, 9.17) is 17.2 Å². The molecule has 39 heavy (non-hydrogen) atoms. The van der Waals surface area contributed by atoms with Crippen LogP contribution < -0.4 is 38.5 Å². The summed E-state index contributed by atoms with van der Waals surface area (Å²) in [5, 5.41) is 37.1. The van der Waals surface area contributed by atoms with Crippen molar-refractivity contribution in [1.29, 1.82) is 0 Å². The Balaban J connectivity index is 5.71. The summed E-state index contributed by atoms with van der Waals surface area (Å²) in [7, 11) is 0. The fourth-order valence-electron chi connectivity index (χ4n) is 3.16. The molecule has 6 atom stereocenters. The van der Waals surface area contributed by atoms with Gasteiger partial charge in [-0.15, -0.1) is 0 Å². The van der Waals surface area contributed by atoms with E-state index < -0.39 is 90.8 Å². The minimum absolute atomic E-state index is 0.0174. The summed E-state index contributed by atoms with van der Waals surface area (Å²) in [6.45, 7) is 3.72. The Kier molecular flexibility index (Phi) is 15.2. The lowest BCUT2D eigenvalue weighted by atomic mass is 10.0. The number of carbonyl (C=O) groups is 7. The molecule has 17 nitrogen and oxygen atoms in total. The third-order valence-corrected chi connectivity index (χ3v) is 5.31. The van der Waals surface area contributed by atoms with Crippen molar-refractivity contribution in [3.05, 3.63) is 0 Å². The van der Waals surface area contributed by atoms with Crippen LogP contribution in [-0.4, -0.2) is 99.7 Å². The van der Waals surface area contributed by atoms with Crippen LogP contribution in [0.3, 0.4) is 0 Å². The van der Waals surface area contributed by atoms with Gasteiger partial charge in [0.1, 0.15) is 30.2 Å². The number of nitrogens with two attached hydrogens (primary N) is 3. The van der Waals surface area contributed by atoms with Crippen molar-refractivity contribution in [2.24, 2.45) is 23.1 Å². The van der Waals surface area contributed by atoms with Crippen LogP contribution in [0.15, 0.2) is 0 Å². The van der Waals surface area contributed by atoms with Crippen molar-refractivity contribution in [2.75, 3.05) is 6.61 Å². The molecule has 0 aliphatic rings. The number of aliphatic hydroxyl groups excluding tert-OH is 2. The van der Waals surface area contributed by atoms with Gasteiger partial charge in [0.2, 0.25) is 35.4 Å². The number of hydrogen-bond acceptors (Lipinski definition) is 10. The lowest BCUT2D eigenvalue weighted by Crippen LogP contribution is -2.60. The molecule has 0 heterocycles. The van der Waals surface area contributed by atoms with E-state index in [1.165, 1.54) is 6.92 Å². The van der Waals surface area contributed by atoms with Gasteiger partial charge in [0.15, 0.2) is 0 Å². The van der Waals surface area contributed by atoms with Crippen molar-refractivity contribution < 1.29 is 48.9 Å². The monoisotopic (exact) mass is 561 g/mol. The molecule has 0 aliphatic heterocycles. The lowest BCUT2D eigenvalue weighted by molar-refractivity contribution is -0.143. The fraction of sp³-hybridized carbons (Fsp3) is 0.682. The molecule has 0 aromatic carbocycles. The highest BCUT2D eigenvalue weighted by Gasteiger charge is 2.33. The van der Waals surface area contributed by atoms with Crippen molar-refractivity contribution >= 4 is 41.4 Å². The van der Waals surface area contributed by atoms with Gasteiger partial charge in [0, 0.05) is 6.42 Å². The molecule has 13 N–H and O–H groups in total. The Hall–Kier alpha value is -3.83. The van der Waals surface area contributed by atoms with Crippen molar-refractivity contribution in [1.82, 2.24) is 21.3 Å². The minimum Gasteiger partial charge on any atom is -0.480 e. The average Bonchev–Trinajstić information content (AvgIpc) is 2.82. The van der Waals surface area contributed by atoms with Crippen LogP contribution in [-0.2, 0) is 33.6 Å². The van der Waals surface area contributed by atoms with Crippen LogP contribution >= 0.6 is 0 Å². The molecule has 0 rings (SSSR count). The van der Waals surface area contributed by atoms with Crippen molar-refractivity contribution in [3.63, 3.8) is 0 Å². The highest BCUT2D eigenvalue weighted by molar-refractivity contribution is 5.97. The van der Waals surface area contributed by atoms with Gasteiger partial charge in [-0.3, -0.25) is 28.8 Å². The third-order valence-electron chi connectivity index (χ3n) is 5.31. The molecule has 0 unspecified atom stereocenters. The third kappa shape index (κ3) is 13.5. The van der Waals surface area contributed by atoms with E-state index in [-0.39, 0.29) is 25.2 Å². The van der Waals surface area contributed by atoms with Gasteiger partial charge in [-0.2, -0.15) is 0 Å². The molecule has 222 valence electrons. The molecule has 0 aliphatic carbocycles. The largest absolute Gasteiger partial charge is 0.480 e. The van der Waals surface area contributed by atoms with Gasteiger partial charge in [-0.05, 0) is 25.7 Å². The highest BCUT2D eigenvalue weighted by atomic mass is 16.4. The van der Waals surface area contributed by atoms with Crippen LogP contribution in [0.4, 0.5) is 0 Å². The second-order valence-electron chi connectivity index (χ2n) is 9.34. The first-order valence-corrected chi connectivity index (χ1v) is 12.0. The number of hydrogen-bond donors (Lipinski definition) is 10. The van der Waals surface area contributed by atoms with Crippen molar-refractivity contribution in [2.45, 2.75) is 82.8 Å². The smallest absolute Gasteiger partial charge is 0.326 e. The topological polar surface area (TPSA) is 306 Å². The first kappa shape index (κ1) is 35.2. The SMILES string of the molecule is CC(C)C[C@H](NC(=O)[C@H](CC(N)=O)NC(=O)[C@H](CO)NC(=O)[C@@H](N)[C@@H](C)O)C(=O)N[C@@H](CCC(N)=O)C(=O)O. The Morgan fingerprint density at radius 2 is 1.18 bits per heavy atom. The van der Waals surface area contributed by atoms with Crippen LogP contribution in [0.1, 0.15) is 46.5 Å². The Morgan fingerprint density at radius 1 is 0.718 bits per heavy atom. The van der Waals surface area contributed by atoms with E-state index in [1.54, 1.807) is 13.8 Å². The van der Waals surface area contributed by atoms with Gasteiger partial charge in [0.05, 0.1) is 19.1 Å². The van der Waals surface area contributed by atoms with E-state index in [0.717, 1.165) is 0 Å². The standard InChI is InChI=1S/C22H39N7O10/c1-9(2)6-12(18(34)26-11(22(38)39)4-5-15(23)32)27-19(35)13(7-16(24)33)28-20(36)14(8-30)29-21(37)17(25)10(3)31/h9-14,17,30-31H,4-8,25H2,1-3H3,(H2,23,32)(H2,24,33)(H,26,34)(H,27,35)(H,28,36)(H,29,37)(H,38,39)/t10-,11+,12+,13+,14+,17+/m1/s1. The van der Waals surface area contributed by atoms with Crippen LogP contribution in [0.2, 0.25) is 0 Å². The number of aliphatic carboxylic acids is 1. The maximum Gasteiger partial charge on any atom is 0.326 e. The van der Waals surface area contributed by atoms with Gasteiger partial charge in [-0.25, -0.2) is 4.79 Å². The van der Waals surface area contributed by atoms with Crippen LogP contribution in [0, 0.1) is 5.92 Å². The molecule has 0 bridgehead atoms. The van der Waals surface area contributed by atoms with E-state index in [1.807, 2.05) is 0 Å². The summed E-state index contributed by atoms with van der Waals surface area (Å²) < 4.78 is 0. The zero-order chi connectivity index (χ0) is 30.4. The second-order valence-corrected chi connectivity index (χ2v) is 9.34. The number of rotatable bonds is 18. The van der Waals surface area contributed by atoms with E-state index in [2.05, 4.69) is 21.3 Å².